The molecule has 2 heterocycles. The first-order valence-corrected chi connectivity index (χ1v) is 4.88. The molecule has 14 heavy (non-hydrogen) atoms. The summed E-state index contributed by atoms with van der Waals surface area (Å²) >= 11 is 1.44. The lowest BCUT2D eigenvalue weighted by molar-refractivity contribution is 0.112. The lowest BCUT2D eigenvalue weighted by Gasteiger charge is -1.96. The molecule has 2 N–H and O–H groups in total. The third-order valence-corrected chi connectivity index (χ3v) is 2.87. The summed E-state index contributed by atoms with van der Waals surface area (Å²) in [5.74, 6) is 0.501. The summed E-state index contributed by atoms with van der Waals surface area (Å²) in [5.41, 5.74) is 6.46. The third kappa shape index (κ3) is 1.65. The van der Waals surface area contributed by atoms with Crippen molar-refractivity contribution in [1.82, 2.24) is 4.98 Å². The van der Waals surface area contributed by atoms with Crippen molar-refractivity contribution in [3.8, 4) is 10.4 Å². The lowest BCUT2D eigenvalue weighted by atomic mass is 10.2. The number of carbonyl (C=O) groups is 1. The molecule has 0 bridgehead atoms. The van der Waals surface area contributed by atoms with Crippen LogP contribution in [0.25, 0.3) is 10.4 Å². The molecule has 0 spiro atoms. The molecule has 0 amide bonds. The van der Waals surface area contributed by atoms with E-state index in [0.717, 1.165) is 21.6 Å². The van der Waals surface area contributed by atoms with E-state index in [1.807, 2.05) is 12.1 Å². The first-order valence-electron chi connectivity index (χ1n) is 4.06. The smallest absolute Gasteiger partial charge is 0.160 e. The topological polar surface area (TPSA) is 56.0 Å². The number of anilines is 1. The molecule has 2 rings (SSSR count). The van der Waals surface area contributed by atoms with E-state index < -0.39 is 0 Å². The monoisotopic (exact) mass is 204 g/mol. The molecule has 0 aliphatic carbocycles. The van der Waals surface area contributed by atoms with Crippen LogP contribution >= 0.6 is 11.3 Å². The number of aldehydes is 1. The van der Waals surface area contributed by atoms with Gasteiger partial charge in [0.25, 0.3) is 0 Å². The Balaban J connectivity index is 2.39. The van der Waals surface area contributed by atoms with Gasteiger partial charge in [-0.2, -0.15) is 0 Å². The van der Waals surface area contributed by atoms with Gasteiger partial charge in [0.2, 0.25) is 0 Å². The lowest BCUT2D eigenvalue weighted by Crippen LogP contribution is -1.87. The van der Waals surface area contributed by atoms with E-state index in [2.05, 4.69) is 4.98 Å². The zero-order valence-electron chi connectivity index (χ0n) is 7.31. The minimum atomic E-state index is 0.501. The Kier molecular flexibility index (Phi) is 2.28. The van der Waals surface area contributed by atoms with E-state index in [0.29, 0.717) is 5.82 Å². The summed E-state index contributed by atoms with van der Waals surface area (Å²) < 4.78 is 0. The van der Waals surface area contributed by atoms with Crippen molar-refractivity contribution >= 4 is 23.4 Å². The molecule has 0 saturated carbocycles. The van der Waals surface area contributed by atoms with Crippen molar-refractivity contribution in [1.29, 1.82) is 0 Å². The zero-order valence-corrected chi connectivity index (χ0v) is 8.12. The molecule has 0 radical (unpaired) electrons. The van der Waals surface area contributed by atoms with E-state index >= 15 is 0 Å². The average Bonchev–Trinajstić information content (AvgIpc) is 2.67. The van der Waals surface area contributed by atoms with Gasteiger partial charge >= 0.3 is 0 Å². The summed E-state index contributed by atoms with van der Waals surface area (Å²) in [5, 5.41) is 0. The maximum absolute atomic E-state index is 10.5. The molecule has 0 aliphatic rings. The van der Waals surface area contributed by atoms with E-state index in [-0.39, 0.29) is 0 Å². The molecule has 3 nitrogen and oxygen atoms in total. The highest BCUT2D eigenvalue weighted by Crippen LogP contribution is 2.26. The summed E-state index contributed by atoms with van der Waals surface area (Å²) in [4.78, 5) is 16.2. The fraction of sp³-hybridized carbons (Fsp3) is 0. The van der Waals surface area contributed by atoms with Crippen LogP contribution in [0.15, 0.2) is 30.5 Å². The first-order chi connectivity index (χ1) is 6.79. The van der Waals surface area contributed by atoms with Crippen molar-refractivity contribution in [3.05, 3.63) is 35.3 Å². The Bertz CT molecular complexity index is 447. The van der Waals surface area contributed by atoms with Crippen LogP contribution in [0.2, 0.25) is 0 Å². The number of nitrogen functional groups attached to an aromatic ring is 1. The second kappa shape index (κ2) is 3.59. The van der Waals surface area contributed by atoms with E-state index in [1.165, 1.54) is 11.3 Å². The Morgan fingerprint density at radius 2 is 2.14 bits per heavy atom. The van der Waals surface area contributed by atoms with Gasteiger partial charge in [-0.1, -0.05) is 0 Å². The van der Waals surface area contributed by atoms with Crippen LogP contribution in [0.1, 0.15) is 9.67 Å². The van der Waals surface area contributed by atoms with E-state index in [9.17, 15) is 4.79 Å². The molecule has 0 fully saturated rings. The number of aromatic nitrogens is 1. The summed E-state index contributed by atoms with van der Waals surface area (Å²) in [6, 6.07) is 7.34. The quantitative estimate of drug-likeness (QED) is 0.763. The number of rotatable bonds is 2. The maximum Gasteiger partial charge on any atom is 0.160 e. The summed E-state index contributed by atoms with van der Waals surface area (Å²) in [6.45, 7) is 0. The summed E-state index contributed by atoms with van der Waals surface area (Å²) in [6.07, 6.45) is 2.55. The average molecular weight is 204 g/mol. The molecule has 0 aliphatic heterocycles. The van der Waals surface area contributed by atoms with Gasteiger partial charge in [0.15, 0.2) is 6.29 Å². The predicted octanol–water partition coefficient (Wildman–Crippen LogP) is 2.20. The SMILES string of the molecule is Nc1ccc(-c2ccc(C=O)s2)cn1. The third-order valence-electron chi connectivity index (χ3n) is 1.81. The van der Waals surface area contributed by atoms with Crippen LogP contribution < -0.4 is 5.73 Å². The molecule has 70 valence electrons. The molecular formula is C10H8N2OS. The highest BCUT2D eigenvalue weighted by molar-refractivity contribution is 7.17. The molecular weight excluding hydrogens is 196 g/mol. The number of hydrogen-bond acceptors (Lipinski definition) is 4. The Morgan fingerprint density at radius 1 is 1.29 bits per heavy atom. The fourth-order valence-corrected chi connectivity index (χ4v) is 1.94. The van der Waals surface area contributed by atoms with Crippen LogP contribution in [-0.2, 0) is 0 Å². The second-order valence-electron chi connectivity index (χ2n) is 2.79. The van der Waals surface area contributed by atoms with Gasteiger partial charge in [-0.15, -0.1) is 11.3 Å². The Hall–Kier alpha value is -1.68. The molecule has 0 aromatic carbocycles. The molecule has 0 atom stereocenters. The van der Waals surface area contributed by atoms with Crippen LogP contribution in [-0.4, -0.2) is 11.3 Å². The fourth-order valence-electron chi connectivity index (χ4n) is 1.12. The van der Waals surface area contributed by atoms with Gasteiger partial charge in [-0.3, -0.25) is 4.79 Å². The van der Waals surface area contributed by atoms with Crippen molar-refractivity contribution < 1.29 is 4.79 Å². The normalized spacial score (nSPS) is 10.0. The standard InChI is InChI=1S/C10H8N2OS/c11-10-4-1-7(5-12-10)9-3-2-8(6-13)14-9/h1-6H,(H2,11,12). The van der Waals surface area contributed by atoms with Crippen LogP contribution in [0, 0.1) is 0 Å². The van der Waals surface area contributed by atoms with E-state index in [1.54, 1.807) is 18.3 Å². The number of hydrogen-bond donors (Lipinski definition) is 1. The number of pyridine rings is 1. The van der Waals surface area contributed by atoms with Crippen molar-refractivity contribution in [2.75, 3.05) is 5.73 Å². The Morgan fingerprint density at radius 3 is 2.71 bits per heavy atom. The van der Waals surface area contributed by atoms with Gasteiger partial charge in [0, 0.05) is 16.6 Å². The largest absolute Gasteiger partial charge is 0.384 e. The molecule has 0 saturated heterocycles. The second-order valence-corrected chi connectivity index (χ2v) is 3.91. The van der Waals surface area contributed by atoms with Gasteiger partial charge in [0.1, 0.15) is 5.82 Å². The molecule has 2 aromatic heterocycles. The predicted molar refractivity (Wildman–Crippen MR) is 57.3 cm³/mol. The highest BCUT2D eigenvalue weighted by Gasteiger charge is 2.01. The minimum absolute atomic E-state index is 0.501. The maximum atomic E-state index is 10.5. The molecule has 4 heteroatoms. The summed E-state index contributed by atoms with van der Waals surface area (Å²) in [7, 11) is 0. The van der Waals surface area contributed by atoms with Crippen molar-refractivity contribution in [2.45, 2.75) is 0 Å². The Labute approximate surface area is 85.2 Å². The minimum Gasteiger partial charge on any atom is -0.384 e. The highest BCUT2D eigenvalue weighted by atomic mass is 32.1. The molecule has 2 aromatic rings. The number of nitrogens with zero attached hydrogens (tertiary/aromatic N) is 1. The van der Waals surface area contributed by atoms with Gasteiger partial charge in [0.05, 0.1) is 4.88 Å². The van der Waals surface area contributed by atoms with Crippen molar-refractivity contribution in [2.24, 2.45) is 0 Å². The number of nitrogens with two attached hydrogens (primary N) is 1. The molecule has 0 unspecified atom stereocenters. The number of thiophene rings is 1. The van der Waals surface area contributed by atoms with Crippen LogP contribution in [0.5, 0.6) is 0 Å². The van der Waals surface area contributed by atoms with Gasteiger partial charge in [-0.05, 0) is 24.3 Å². The van der Waals surface area contributed by atoms with Crippen molar-refractivity contribution in [3.63, 3.8) is 0 Å². The van der Waals surface area contributed by atoms with Crippen LogP contribution in [0.3, 0.4) is 0 Å². The van der Waals surface area contributed by atoms with Gasteiger partial charge < -0.3 is 5.73 Å². The van der Waals surface area contributed by atoms with E-state index in [4.69, 9.17) is 5.73 Å². The first kappa shape index (κ1) is 8.90. The van der Waals surface area contributed by atoms with Crippen LogP contribution in [0.4, 0.5) is 5.82 Å². The number of carbonyl (C=O) groups excluding carboxylic acids is 1. The zero-order chi connectivity index (χ0) is 9.97. The van der Waals surface area contributed by atoms with Gasteiger partial charge in [-0.25, -0.2) is 4.98 Å².